The number of carbonyl (C=O) groups is 1. The van der Waals surface area contributed by atoms with Crippen LogP contribution in [0.4, 0.5) is 10.1 Å². The van der Waals surface area contributed by atoms with Crippen LogP contribution in [0.15, 0.2) is 18.2 Å². The predicted octanol–water partition coefficient (Wildman–Crippen LogP) is 2.13. The van der Waals surface area contributed by atoms with Crippen LogP contribution in [0.5, 0.6) is 0 Å². The number of piperazine rings is 1. The zero-order chi connectivity index (χ0) is 18.6. The van der Waals surface area contributed by atoms with Gasteiger partial charge in [0.25, 0.3) is 0 Å². The summed E-state index contributed by atoms with van der Waals surface area (Å²) in [6, 6.07) is 3.96. The van der Waals surface area contributed by atoms with Crippen LogP contribution in [-0.4, -0.2) is 49.6 Å². The third-order valence-corrected chi connectivity index (χ3v) is 5.00. The number of benzene rings is 1. The second-order valence-electron chi connectivity index (χ2n) is 7.12. The summed E-state index contributed by atoms with van der Waals surface area (Å²) in [6.45, 7) is 12.7. The van der Waals surface area contributed by atoms with Crippen molar-refractivity contribution in [2.45, 2.75) is 39.8 Å². The highest BCUT2D eigenvalue weighted by atomic mass is 19.1. The molecule has 0 aliphatic carbocycles. The maximum absolute atomic E-state index is 13.9. The molecule has 25 heavy (non-hydrogen) atoms. The van der Waals surface area contributed by atoms with Crippen LogP contribution < -0.4 is 16.0 Å². The number of nitrogens with zero attached hydrogens (tertiary/aromatic N) is 2. The van der Waals surface area contributed by atoms with Crippen molar-refractivity contribution in [2.75, 3.05) is 37.6 Å². The quantitative estimate of drug-likeness (QED) is 0.825. The largest absolute Gasteiger partial charge is 0.369 e. The lowest BCUT2D eigenvalue weighted by Gasteiger charge is -2.37. The van der Waals surface area contributed by atoms with Crippen LogP contribution in [0.25, 0.3) is 0 Å². The minimum Gasteiger partial charge on any atom is -0.369 e. The number of hydrogen-bond donors (Lipinski definition) is 2. The van der Waals surface area contributed by atoms with Gasteiger partial charge in [-0.3, -0.25) is 4.79 Å². The Hall–Kier alpha value is -1.66. The fourth-order valence-electron chi connectivity index (χ4n) is 3.16. The molecular weight excluding hydrogens is 319 g/mol. The van der Waals surface area contributed by atoms with Crippen LogP contribution in [0, 0.1) is 11.7 Å². The van der Waals surface area contributed by atoms with Crippen molar-refractivity contribution < 1.29 is 9.18 Å². The van der Waals surface area contributed by atoms with E-state index in [4.69, 9.17) is 5.73 Å². The summed E-state index contributed by atoms with van der Waals surface area (Å²) in [5, 5.41) is 2.94. The average molecular weight is 350 g/mol. The minimum absolute atomic E-state index is 0.0568. The van der Waals surface area contributed by atoms with Gasteiger partial charge in [-0.25, -0.2) is 4.39 Å². The molecule has 1 aromatic carbocycles. The summed E-state index contributed by atoms with van der Waals surface area (Å²) in [5.41, 5.74) is 7.71. The standard InChI is InChI=1S/C19H31FN4O/c1-5-23-8-10-24(11-9-23)17-7-6-15(20)12-16(17)14(4)22-19(25)18(21)13(2)3/h6-7,12-14,18H,5,8-11,21H2,1-4H3,(H,22,25)/t14?,18-/m0/s1. The van der Waals surface area contributed by atoms with Gasteiger partial charge in [-0.2, -0.15) is 0 Å². The summed E-state index contributed by atoms with van der Waals surface area (Å²) < 4.78 is 13.9. The number of likely N-dealkylation sites (N-methyl/N-ethyl adjacent to an activating group) is 1. The maximum atomic E-state index is 13.9. The molecule has 0 aromatic heterocycles. The molecule has 1 fully saturated rings. The van der Waals surface area contributed by atoms with Gasteiger partial charge in [0, 0.05) is 37.4 Å². The number of carbonyl (C=O) groups excluding carboxylic acids is 1. The normalized spacial score (nSPS) is 18.3. The monoisotopic (exact) mass is 350 g/mol. The van der Waals surface area contributed by atoms with Crippen LogP contribution in [-0.2, 0) is 4.79 Å². The van der Waals surface area contributed by atoms with E-state index in [1.807, 2.05) is 26.8 Å². The van der Waals surface area contributed by atoms with E-state index in [1.54, 1.807) is 0 Å². The first-order chi connectivity index (χ1) is 11.8. The topological polar surface area (TPSA) is 61.6 Å². The lowest BCUT2D eigenvalue weighted by atomic mass is 10.0. The van der Waals surface area contributed by atoms with Crippen molar-refractivity contribution in [2.24, 2.45) is 11.7 Å². The Balaban J connectivity index is 2.16. The maximum Gasteiger partial charge on any atom is 0.237 e. The highest BCUT2D eigenvalue weighted by molar-refractivity contribution is 5.82. The van der Waals surface area contributed by atoms with Crippen molar-refractivity contribution >= 4 is 11.6 Å². The van der Waals surface area contributed by atoms with Gasteiger partial charge in [-0.1, -0.05) is 20.8 Å². The second kappa shape index (κ2) is 8.63. The summed E-state index contributed by atoms with van der Waals surface area (Å²) in [4.78, 5) is 16.9. The Bertz CT molecular complexity index is 585. The smallest absolute Gasteiger partial charge is 0.237 e. The van der Waals surface area contributed by atoms with Gasteiger partial charge in [0.05, 0.1) is 12.1 Å². The molecule has 6 heteroatoms. The van der Waals surface area contributed by atoms with E-state index >= 15 is 0 Å². The molecule has 5 nitrogen and oxygen atoms in total. The van der Waals surface area contributed by atoms with E-state index in [1.165, 1.54) is 12.1 Å². The van der Waals surface area contributed by atoms with Gasteiger partial charge in [0.15, 0.2) is 0 Å². The molecule has 140 valence electrons. The van der Waals surface area contributed by atoms with Gasteiger partial charge < -0.3 is 20.9 Å². The molecule has 1 heterocycles. The highest BCUT2D eigenvalue weighted by Gasteiger charge is 2.24. The van der Waals surface area contributed by atoms with Gasteiger partial charge in [0.1, 0.15) is 5.82 Å². The van der Waals surface area contributed by atoms with Crippen LogP contribution in [0.3, 0.4) is 0 Å². The predicted molar refractivity (Wildman–Crippen MR) is 100 cm³/mol. The van der Waals surface area contributed by atoms with E-state index in [0.29, 0.717) is 0 Å². The van der Waals surface area contributed by atoms with E-state index in [-0.39, 0.29) is 23.7 Å². The van der Waals surface area contributed by atoms with Gasteiger partial charge in [-0.05, 0) is 37.6 Å². The van der Waals surface area contributed by atoms with E-state index < -0.39 is 6.04 Å². The number of nitrogens with one attached hydrogen (secondary N) is 1. The lowest BCUT2D eigenvalue weighted by Crippen LogP contribution is -2.47. The molecule has 2 rings (SSSR count). The van der Waals surface area contributed by atoms with Gasteiger partial charge in [0.2, 0.25) is 5.91 Å². The Labute approximate surface area is 150 Å². The molecule has 0 spiro atoms. The van der Waals surface area contributed by atoms with Crippen molar-refractivity contribution in [3.05, 3.63) is 29.6 Å². The number of anilines is 1. The Kier molecular flexibility index (Phi) is 6.79. The number of rotatable bonds is 6. The molecule has 1 saturated heterocycles. The molecule has 0 bridgehead atoms. The van der Waals surface area contributed by atoms with Crippen LogP contribution in [0.1, 0.15) is 39.3 Å². The molecular formula is C19H31FN4O. The highest BCUT2D eigenvalue weighted by Crippen LogP contribution is 2.28. The van der Waals surface area contributed by atoms with Gasteiger partial charge in [-0.15, -0.1) is 0 Å². The molecule has 0 saturated carbocycles. The van der Waals surface area contributed by atoms with Crippen molar-refractivity contribution in [1.29, 1.82) is 0 Å². The van der Waals surface area contributed by atoms with E-state index in [9.17, 15) is 9.18 Å². The van der Waals surface area contributed by atoms with Crippen molar-refractivity contribution in [3.63, 3.8) is 0 Å². The Morgan fingerprint density at radius 2 is 1.88 bits per heavy atom. The third-order valence-electron chi connectivity index (χ3n) is 5.00. The molecule has 1 aliphatic heterocycles. The number of halogens is 1. The number of nitrogens with two attached hydrogens (primary N) is 1. The summed E-state index contributed by atoms with van der Waals surface area (Å²) in [7, 11) is 0. The number of amides is 1. The molecule has 3 N–H and O–H groups in total. The minimum atomic E-state index is -0.562. The molecule has 1 amide bonds. The third kappa shape index (κ3) is 4.92. The molecule has 0 radical (unpaired) electrons. The first-order valence-corrected chi connectivity index (χ1v) is 9.16. The Morgan fingerprint density at radius 3 is 2.44 bits per heavy atom. The molecule has 1 unspecified atom stereocenters. The lowest BCUT2D eigenvalue weighted by molar-refractivity contribution is -0.123. The van der Waals surface area contributed by atoms with Crippen molar-refractivity contribution in [3.8, 4) is 0 Å². The van der Waals surface area contributed by atoms with Crippen molar-refractivity contribution in [1.82, 2.24) is 10.2 Å². The van der Waals surface area contributed by atoms with E-state index in [0.717, 1.165) is 44.0 Å². The number of hydrogen-bond acceptors (Lipinski definition) is 4. The first kappa shape index (κ1) is 19.7. The molecule has 1 aromatic rings. The molecule has 1 aliphatic rings. The van der Waals surface area contributed by atoms with E-state index in [2.05, 4.69) is 22.0 Å². The fourth-order valence-corrected chi connectivity index (χ4v) is 3.16. The SMILES string of the molecule is CCN1CCN(c2ccc(F)cc2C(C)NC(=O)[C@@H](N)C(C)C)CC1. The van der Waals surface area contributed by atoms with Gasteiger partial charge >= 0.3 is 0 Å². The summed E-state index contributed by atoms with van der Waals surface area (Å²) >= 11 is 0. The molecule has 2 atom stereocenters. The zero-order valence-corrected chi connectivity index (χ0v) is 15.8. The fraction of sp³-hybridized carbons (Fsp3) is 0.632. The first-order valence-electron chi connectivity index (χ1n) is 9.16. The van der Waals surface area contributed by atoms with Crippen LogP contribution in [0.2, 0.25) is 0 Å². The Morgan fingerprint density at radius 1 is 1.24 bits per heavy atom. The zero-order valence-electron chi connectivity index (χ0n) is 15.8. The second-order valence-corrected chi connectivity index (χ2v) is 7.12. The summed E-state index contributed by atoms with van der Waals surface area (Å²) in [5.74, 6) is -0.435. The average Bonchev–Trinajstić information content (AvgIpc) is 2.60. The summed E-state index contributed by atoms with van der Waals surface area (Å²) in [6.07, 6.45) is 0. The van der Waals surface area contributed by atoms with Crippen LogP contribution >= 0.6 is 0 Å².